The van der Waals surface area contributed by atoms with Crippen molar-refractivity contribution >= 4 is 29.9 Å². The van der Waals surface area contributed by atoms with Crippen molar-refractivity contribution in [3.63, 3.8) is 0 Å². The molecular weight excluding hydrogens is 439 g/mol. The summed E-state index contributed by atoms with van der Waals surface area (Å²) in [7, 11) is 1.74. The summed E-state index contributed by atoms with van der Waals surface area (Å²) in [4.78, 5) is 7.43. The maximum Gasteiger partial charge on any atom is 0.191 e. The number of ether oxygens (including phenoxy) is 1. The van der Waals surface area contributed by atoms with E-state index in [0.717, 1.165) is 45.2 Å². The molecule has 5 nitrogen and oxygen atoms in total. The standard InChI is InChI=1S/C20H34N4O.HI/c1-3-21-20(22-13-9-15-25-2)23-16-19-12-7-8-14-24(19)17-18-10-5-4-6-11-18;/h4-6,10-11,19H,3,7-9,12-17H2,1-2H3,(H2,21,22,23);1H. The number of hydrogen-bond donors (Lipinski definition) is 2. The first kappa shape index (κ1) is 23.2. The molecule has 0 spiro atoms. The van der Waals surface area contributed by atoms with Gasteiger partial charge in [-0.2, -0.15) is 0 Å². The fourth-order valence-electron chi connectivity index (χ4n) is 3.25. The molecule has 6 heteroatoms. The fraction of sp³-hybridized carbons (Fsp3) is 0.650. The van der Waals surface area contributed by atoms with Crippen LogP contribution in [0, 0.1) is 0 Å². The summed E-state index contributed by atoms with van der Waals surface area (Å²) in [6.07, 6.45) is 4.83. The van der Waals surface area contributed by atoms with Gasteiger partial charge in [-0.25, -0.2) is 0 Å². The quantitative estimate of drug-likeness (QED) is 0.250. The largest absolute Gasteiger partial charge is 0.385 e. The molecule has 0 saturated carbocycles. The number of nitrogens with one attached hydrogen (secondary N) is 2. The van der Waals surface area contributed by atoms with Crippen molar-refractivity contribution in [2.24, 2.45) is 4.99 Å². The first-order valence-corrected chi connectivity index (χ1v) is 9.62. The van der Waals surface area contributed by atoms with Gasteiger partial charge in [0.15, 0.2) is 5.96 Å². The number of rotatable bonds is 9. The molecule has 1 aromatic carbocycles. The topological polar surface area (TPSA) is 48.9 Å². The second-order valence-corrected chi connectivity index (χ2v) is 6.60. The highest BCUT2D eigenvalue weighted by molar-refractivity contribution is 14.0. The molecule has 26 heavy (non-hydrogen) atoms. The van der Waals surface area contributed by atoms with Crippen molar-refractivity contribution in [2.45, 2.75) is 45.2 Å². The van der Waals surface area contributed by atoms with Gasteiger partial charge in [0.2, 0.25) is 0 Å². The zero-order chi connectivity index (χ0) is 17.7. The van der Waals surface area contributed by atoms with Crippen molar-refractivity contribution in [2.75, 3.05) is 39.9 Å². The lowest BCUT2D eigenvalue weighted by molar-refractivity contribution is 0.145. The van der Waals surface area contributed by atoms with Gasteiger partial charge in [0.05, 0.1) is 6.54 Å². The summed E-state index contributed by atoms with van der Waals surface area (Å²) in [5, 5.41) is 6.74. The molecule has 0 aliphatic carbocycles. The number of methoxy groups -OCH3 is 1. The van der Waals surface area contributed by atoms with E-state index >= 15 is 0 Å². The Labute approximate surface area is 176 Å². The molecule has 1 heterocycles. The Bertz CT molecular complexity index is 498. The zero-order valence-electron chi connectivity index (χ0n) is 16.2. The van der Waals surface area contributed by atoms with Gasteiger partial charge >= 0.3 is 0 Å². The molecule has 1 fully saturated rings. The fourth-order valence-corrected chi connectivity index (χ4v) is 3.25. The number of nitrogens with zero attached hydrogens (tertiary/aromatic N) is 2. The maximum atomic E-state index is 5.10. The van der Waals surface area contributed by atoms with Crippen LogP contribution in [0.5, 0.6) is 0 Å². The van der Waals surface area contributed by atoms with Crippen LogP contribution < -0.4 is 10.6 Å². The summed E-state index contributed by atoms with van der Waals surface area (Å²) in [5.74, 6) is 0.920. The first-order chi connectivity index (χ1) is 12.3. The van der Waals surface area contributed by atoms with Crippen LogP contribution in [0.4, 0.5) is 0 Å². The Hall–Kier alpha value is -0.860. The number of guanidine groups is 1. The minimum atomic E-state index is 0. The second-order valence-electron chi connectivity index (χ2n) is 6.60. The molecular formula is C20H35IN4O. The van der Waals surface area contributed by atoms with Crippen LogP contribution in [0.15, 0.2) is 35.3 Å². The predicted molar refractivity (Wildman–Crippen MR) is 120 cm³/mol. The Kier molecular flexibility index (Phi) is 12.7. The Morgan fingerprint density at radius 3 is 2.77 bits per heavy atom. The third-order valence-electron chi connectivity index (χ3n) is 4.60. The van der Waals surface area contributed by atoms with Crippen LogP contribution >= 0.6 is 24.0 Å². The number of hydrogen-bond acceptors (Lipinski definition) is 3. The number of halogens is 1. The number of benzene rings is 1. The summed E-state index contributed by atoms with van der Waals surface area (Å²) >= 11 is 0. The van der Waals surface area contributed by atoms with Crippen LogP contribution in [0.1, 0.15) is 38.2 Å². The Morgan fingerprint density at radius 2 is 2.04 bits per heavy atom. The van der Waals surface area contributed by atoms with Crippen molar-refractivity contribution < 1.29 is 4.74 Å². The van der Waals surface area contributed by atoms with Gasteiger partial charge in [-0.15, -0.1) is 24.0 Å². The average molecular weight is 474 g/mol. The summed E-state index contributed by atoms with van der Waals surface area (Å²) in [6, 6.07) is 11.3. The van der Waals surface area contributed by atoms with Gasteiger partial charge < -0.3 is 15.4 Å². The molecule has 1 saturated heterocycles. The Morgan fingerprint density at radius 1 is 1.23 bits per heavy atom. The van der Waals surface area contributed by atoms with Gasteiger partial charge in [0, 0.05) is 39.4 Å². The minimum absolute atomic E-state index is 0. The summed E-state index contributed by atoms with van der Waals surface area (Å²) in [6.45, 7) is 7.71. The van der Waals surface area contributed by atoms with Gasteiger partial charge in [0.1, 0.15) is 0 Å². The zero-order valence-corrected chi connectivity index (χ0v) is 18.6. The minimum Gasteiger partial charge on any atom is -0.385 e. The van der Waals surface area contributed by atoms with E-state index in [0.29, 0.717) is 6.04 Å². The molecule has 0 radical (unpaired) electrons. The lowest BCUT2D eigenvalue weighted by Gasteiger charge is -2.35. The van der Waals surface area contributed by atoms with Gasteiger partial charge in [-0.05, 0) is 38.3 Å². The van der Waals surface area contributed by atoms with Crippen LogP contribution in [-0.4, -0.2) is 56.8 Å². The molecule has 1 aliphatic rings. The lowest BCUT2D eigenvalue weighted by atomic mass is 10.0. The van der Waals surface area contributed by atoms with E-state index in [-0.39, 0.29) is 24.0 Å². The second kappa shape index (κ2) is 14.2. The van der Waals surface area contributed by atoms with Crippen LogP contribution in [0.25, 0.3) is 0 Å². The third-order valence-corrected chi connectivity index (χ3v) is 4.60. The lowest BCUT2D eigenvalue weighted by Crippen LogP contribution is -2.43. The van der Waals surface area contributed by atoms with Gasteiger partial charge in [0.25, 0.3) is 0 Å². The predicted octanol–water partition coefficient (Wildman–Crippen LogP) is 3.25. The molecule has 1 aliphatic heterocycles. The van der Waals surface area contributed by atoms with E-state index in [1.807, 2.05) is 0 Å². The third kappa shape index (κ3) is 8.68. The van der Waals surface area contributed by atoms with E-state index in [1.165, 1.54) is 31.4 Å². The highest BCUT2D eigenvalue weighted by Crippen LogP contribution is 2.19. The van der Waals surface area contributed by atoms with Gasteiger partial charge in [-0.3, -0.25) is 9.89 Å². The smallest absolute Gasteiger partial charge is 0.191 e. The van der Waals surface area contributed by atoms with Gasteiger partial charge in [-0.1, -0.05) is 36.8 Å². The van der Waals surface area contributed by atoms with Crippen LogP contribution in [0.3, 0.4) is 0 Å². The van der Waals surface area contributed by atoms with Crippen molar-refractivity contribution in [1.82, 2.24) is 15.5 Å². The normalized spacial score (nSPS) is 18.2. The molecule has 0 amide bonds. The van der Waals surface area contributed by atoms with Crippen molar-refractivity contribution in [1.29, 1.82) is 0 Å². The first-order valence-electron chi connectivity index (χ1n) is 9.62. The monoisotopic (exact) mass is 474 g/mol. The van der Waals surface area contributed by atoms with E-state index in [2.05, 4.69) is 52.8 Å². The molecule has 148 valence electrons. The highest BCUT2D eigenvalue weighted by atomic mass is 127. The molecule has 1 atom stereocenters. The summed E-state index contributed by atoms with van der Waals surface area (Å²) < 4.78 is 5.10. The molecule has 0 bridgehead atoms. The van der Waals surface area contributed by atoms with Crippen LogP contribution in [-0.2, 0) is 11.3 Å². The number of piperidine rings is 1. The van der Waals surface area contributed by atoms with Crippen molar-refractivity contribution in [3.8, 4) is 0 Å². The van der Waals surface area contributed by atoms with E-state index in [9.17, 15) is 0 Å². The Balaban J connectivity index is 0.00000338. The van der Waals surface area contributed by atoms with E-state index < -0.39 is 0 Å². The van der Waals surface area contributed by atoms with Crippen molar-refractivity contribution in [3.05, 3.63) is 35.9 Å². The number of aliphatic imine (C=N–C) groups is 1. The van der Waals surface area contributed by atoms with Crippen LogP contribution in [0.2, 0.25) is 0 Å². The number of likely N-dealkylation sites (tertiary alicyclic amines) is 1. The maximum absolute atomic E-state index is 5.10. The van der Waals surface area contributed by atoms with E-state index in [1.54, 1.807) is 7.11 Å². The summed E-state index contributed by atoms with van der Waals surface area (Å²) in [5.41, 5.74) is 1.39. The molecule has 2 rings (SSSR count). The molecule has 0 aromatic heterocycles. The van der Waals surface area contributed by atoms with E-state index in [4.69, 9.17) is 9.73 Å². The highest BCUT2D eigenvalue weighted by Gasteiger charge is 2.22. The molecule has 1 unspecified atom stereocenters. The molecule has 2 N–H and O–H groups in total. The average Bonchev–Trinajstić information content (AvgIpc) is 2.65. The molecule has 1 aromatic rings. The SMILES string of the molecule is CCNC(=NCC1CCCCN1Cc1ccccc1)NCCCOC.I.